The van der Waals surface area contributed by atoms with Gasteiger partial charge in [-0.05, 0) is 19.1 Å². The van der Waals surface area contributed by atoms with E-state index in [4.69, 9.17) is 9.15 Å². The van der Waals surface area contributed by atoms with Crippen LogP contribution in [0.4, 0.5) is 0 Å². The Hall–Kier alpha value is -1.78. The van der Waals surface area contributed by atoms with E-state index >= 15 is 0 Å². The third-order valence-electron chi connectivity index (χ3n) is 1.43. The first-order valence-corrected chi connectivity index (χ1v) is 4.09. The number of carbonyl (C=O) groups excluding carboxylic acids is 2. The molecule has 0 aliphatic carbocycles. The SMILES string of the molecule is CCOC(=O)c1ccc(COC=O)o1. The summed E-state index contributed by atoms with van der Waals surface area (Å²) in [5.41, 5.74) is 0. The zero-order valence-corrected chi connectivity index (χ0v) is 7.69. The number of furan rings is 1. The summed E-state index contributed by atoms with van der Waals surface area (Å²) < 4.78 is 14.2. The number of hydrogen-bond donors (Lipinski definition) is 0. The van der Waals surface area contributed by atoms with E-state index in [2.05, 4.69) is 4.74 Å². The highest BCUT2D eigenvalue weighted by atomic mass is 16.5. The van der Waals surface area contributed by atoms with Gasteiger partial charge in [0.2, 0.25) is 5.76 Å². The molecule has 1 heterocycles. The van der Waals surface area contributed by atoms with Gasteiger partial charge in [0, 0.05) is 0 Å². The summed E-state index contributed by atoms with van der Waals surface area (Å²) in [5.74, 6) is -0.0126. The van der Waals surface area contributed by atoms with Crippen LogP contribution in [-0.2, 0) is 20.9 Å². The molecule has 0 aliphatic rings. The maximum atomic E-state index is 11.1. The van der Waals surface area contributed by atoms with Crippen LogP contribution in [0.2, 0.25) is 0 Å². The summed E-state index contributed by atoms with van der Waals surface area (Å²) in [7, 11) is 0. The number of rotatable bonds is 5. The summed E-state index contributed by atoms with van der Waals surface area (Å²) >= 11 is 0. The third kappa shape index (κ3) is 2.62. The van der Waals surface area contributed by atoms with Crippen LogP contribution in [0.15, 0.2) is 16.5 Å². The Morgan fingerprint density at radius 3 is 3.00 bits per heavy atom. The summed E-state index contributed by atoms with van der Waals surface area (Å²) in [6, 6.07) is 3.03. The lowest BCUT2D eigenvalue weighted by Gasteiger charge is -1.97. The molecule has 0 bridgehead atoms. The molecular weight excluding hydrogens is 188 g/mol. The molecule has 1 rings (SSSR count). The quantitative estimate of drug-likeness (QED) is 0.524. The van der Waals surface area contributed by atoms with Gasteiger partial charge in [-0.3, -0.25) is 4.79 Å². The lowest BCUT2D eigenvalue weighted by molar-refractivity contribution is -0.130. The molecule has 0 spiro atoms. The largest absolute Gasteiger partial charge is 0.460 e. The van der Waals surface area contributed by atoms with Gasteiger partial charge in [0.05, 0.1) is 6.61 Å². The predicted octanol–water partition coefficient (Wildman–Crippen LogP) is 1.13. The van der Waals surface area contributed by atoms with E-state index in [1.165, 1.54) is 6.07 Å². The molecule has 5 nitrogen and oxygen atoms in total. The standard InChI is InChI=1S/C9H10O5/c1-2-13-9(11)8-4-3-7(14-8)5-12-6-10/h3-4,6H,2,5H2,1H3. The molecule has 5 heteroatoms. The Morgan fingerprint density at radius 2 is 2.36 bits per heavy atom. The minimum absolute atomic E-state index is 0.0168. The Bertz CT molecular complexity index is 315. The van der Waals surface area contributed by atoms with Crippen molar-refractivity contribution < 1.29 is 23.5 Å². The van der Waals surface area contributed by atoms with E-state index in [9.17, 15) is 9.59 Å². The second kappa shape index (κ2) is 5.06. The maximum absolute atomic E-state index is 11.1. The first-order valence-electron chi connectivity index (χ1n) is 4.09. The van der Waals surface area contributed by atoms with Crippen molar-refractivity contribution in [3.63, 3.8) is 0 Å². The van der Waals surface area contributed by atoms with Gasteiger partial charge in [0.15, 0.2) is 0 Å². The van der Waals surface area contributed by atoms with Crippen molar-refractivity contribution in [1.29, 1.82) is 0 Å². The molecule has 0 atom stereocenters. The Labute approximate surface area is 80.6 Å². The molecule has 0 amide bonds. The zero-order chi connectivity index (χ0) is 10.4. The molecule has 1 aromatic heterocycles. The van der Waals surface area contributed by atoms with E-state index in [1.54, 1.807) is 13.0 Å². The molecule has 0 saturated carbocycles. The molecular formula is C9H10O5. The van der Waals surface area contributed by atoms with Crippen molar-refractivity contribution in [2.75, 3.05) is 6.61 Å². The zero-order valence-electron chi connectivity index (χ0n) is 7.69. The first-order chi connectivity index (χ1) is 6.77. The maximum Gasteiger partial charge on any atom is 0.374 e. The normalized spacial score (nSPS) is 9.50. The highest BCUT2D eigenvalue weighted by Crippen LogP contribution is 2.09. The molecule has 0 unspecified atom stereocenters. The molecule has 0 N–H and O–H groups in total. The smallest absolute Gasteiger partial charge is 0.374 e. The average Bonchev–Trinajstić information content (AvgIpc) is 2.63. The van der Waals surface area contributed by atoms with Gasteiger partial charge in [-0.2, -0.15) is 0 Å². The molecule has 0 aromatic carbocycles. The van der Waals surface area contributed by atoms with Crippen molar-refractivity contribution in [2.24, 2.45) is 0 Å². The Morgan fingerprint density at radius 1 is 1.57 bits per heavy atom. The number of hydrogen-bond acceptors (Lipinski definition) is 5. The van der Waals surface area contributed by atoms with Gasteiger partial charge in [-0.25, -0.2) is 4.79 Å². The van der Waals surface area contributed by atoms with E-state index in [0.717, 1.165) is 0 Å². The average molecular weight is 198 g/mol. The highest BCUT2D eigenvalue weighted by molar-refractivity contribution is 5.86. The van der Waals surface area contributed by atoms with Gasteiger partial charge in [0.25, 0.3) is 6.47 Å². The lowest BCUT2D eigenvalue weighted by Crippen LogP contribution is -2.02. The van der Waals surface area contributed by atoms with Crippen LogP contribution in [0.1, 0.15) is 23.2 Å². The van der Waals surface area contributed by atoms with Crippen LogP contribution < -0.4 is 0 Å². The minimum Gasteiger partial charge on any atom is -0.460 e. The summed E-state index contributed by atoms with van der Waals surface area (Å²) in [6.45, 7) is 2.33. The molecule has 0 fully saturated rings. The topological polar surface area (TPSA) is 65.7 Å². The highest BCUT2D eigenvalue weighted by Gasteiger charge is 2.11. The van der Waals surface area contributed by atoms with Gasteiger partial charge < -0.3 is 13.9 Å². The van der Waals surface area contributed by atoms with Gasteiger partial charge in [0.1, 0.15) is 12.4 Å². The second-order valence-corrected chi connectivity index (χ2v) is 2.39. The van der Waals surface area contributed by atoms with E-state index in [1.807, 2.05) is 0 Å². The van der Waals surface area contributed by atoms with Gasteiger partial charge in [-0.15, -0.1) is 0 Å². The monoisotopic (exact) mass is 198 g/mol. The molecule has 14 heavy (non-hydrogen) atoms. The van der Waals surface area contributed by atoms with Gasteiger partial charge in [-0.1, -0.05) is 0 Å². The van der Waals surface area contributed by atoms with Crippen LogP contribution >= 0.6 is 0 Å². The minimum atomic E-state index is -0.523. The van der Waals surface area contributed by atoms with E-state index < -0.39 is 5.97 Å². The van der Waals surface area contributed by atoms with E-state index in [0.29, 0.717) is 18.8 Å². The number of ether oxygens (including phenoxy) is 2. The van der Waals surface area contributed by atoms with Crippen LogP contribution in [0.25, 0.3) is 0 Å². The fourth-order valence-electron chi connectivity index (χ4n) is 0.884. The van der Waals surface area contributed by atoms with Crippen molar-refractivity contribution in [2.45, 2.75) is 13.5 Å². The molecule has 0 radical (unpaired) electrons. The summed E-state index contributed by atoms with van der Waals surface area (Å²) in [5, 5.41) is 0. The van der Waals surface area contributed by atoms with Crippen molar-refractivity contribution in [3.8, 4) is 0 Å². The third-order valence-corrected chi connectivity index (χ3v) is 1.43. The fourth-order valence-corrected chi connectivity index (χ4v) is 0.884. The van der Waals surface area contributed by atoms with Crippen LogP contribution in [0.3, 0.4) is 0 Å². The van der Waals surface area contributed by atoms with Crippen LogP contribution in [0, 0.1) is 0 Å². The Balaban J connectivity index is 2.58. The summed E-state index contributed by atoms with van der Waals surface area (Å²) in [6.07, 6.45) is 0. The molecule has 76 valence electrons. The molecule has 0 aliphatic heterocycles. The lowest BCUT2D eigenvalue weighted by atomic mass is 10.4. The van der Waals surface area contributed by atoms with Crippen LogP contribution in [0.5, 0.6) is 0 Å². The molecule has 1 aromatic rings. The van der Waals surface area contributed by atoms with Crippen LogP contribution in [-0.4, -0.2) is 19.0 Å². The van der Waals surface area contributed by atoms with Crippen molar-refractivity contribution in [1.82, 2.24) is 0 Å². The Kier molecular flexibility index (Phi) is 3.72. The summed E-state index contributed by atoms with van der Waals surface area (Å²) in [4.78, 5) is 21.0. The number of esters is 1. The van der Waals surface area contributed by atoms with E-state index in [-0.39, 0.29) is 12.4 Å². The predicted molar refractivity (Wildman–Crippen MR) is 45.5 cm³/mol. The van der Waals surface area contributed by atoms with Gasteiger partial charge >= 0.3 is 5.97 Å². The first kappa shape index (κ1) is 10.3. The fraction of sp³-hybridized carbons (Fsp3) is 0.333. The van der Waals surface area contributed by atoms with Crippen molar-refractivity contribution in [3.05, 3.63) is 23.7 Å². The molecule has 0 saturated heterocycles. The number of carbonyl (C=O) groups is 2. The second-order valence-electron chi connectivity index (χ2n) is 2.39. The van der Waals surface area contributed by atoms with Crippen molar-refractivity contribution >= 4 is 12.4 Å².